The number of carbonyl (C=O) groups is 1. The first-order chi connectivity index (χ1) is 12.8. The van der Waals surface area contributed by atoms with E-state index in [1.54, 1.807) is 0 Å². The maximum absolute atomic E-state index is 13.4. The summed E-state index contributed by atoms with van der Waals surface area (Å²) in [5.41, 5.74) is -0.701. The third kappa shape index (κ3) is 4.16. The zero-order valence-electron chi connectivity index (χ0n) is 20.2. The first-order valence-electron chi connectivity index (χ1n) is 11.9. The summed E-state index contributed by atoms with van der Waals surface area (Å²) in [6, 6.07) is 0. The van der Waals surface area contributed by atoms with E-state index in [9.17, 15) is 9.90 Å². The number of carboxylic acid groups (broad SMARTS) is 1. The van der Waals surface area contributed by atoms with Crippen LogP contribution in [0.4, 0.5) is 0 Å². The molecule has 2 saturated carbocycles. The highest BCUT2D eigenvalue weighted by Crippen LogP contribution is 2.55. The van der Waals surface area contributed by atoms with Gasteiger partial charge >= 0.3 is 5.97 Å². The molecule has 0 bridgehead atoms. The lowest BCUT2D eigenvalue weighted by molar-refractivity contribution is -0.925. The Kier molecular flexibility index (Phi) is 7.33. The molecule has 0 aromatic carbocycles. The normalized spacial score (nSPS) is 37.1. The number of quaternary nitrogens is 1. The van der Waals surface area contributed by atoms with Crippen molar-refractivity contribution in [1.29, 1.82) is 0 Å². The van der Waals surface area contributed by atoms with Gasteiger partial charge in [0.15, 0.2) is 0 Å². The molecule has 6 unspecified atom stereocenters. The topological polar surface area (TPSA) is 37.3 Å². The van der Waals surface area contributed by atoms with Crippen molar-refractivity contribution in [2.75, 3.05) is 21.1 Å². The van der Waals surface area contributed by atoms with Crippen molar-refractivity contribution in [3.63, 3.8) is 0 Å². The Morgan fingerprint density at radius 2 is 1.18 bits per heavy atom. The quantitative estimate of drug-likeness (QED) is 0.567. The van der Waals surface area contributed by atoms with Gasteiger partial charge in [0.2, 0.25) is 5.54 Å². The van der Waals surface area contributed by atoms with E-state index in [4.69, 9.17) is 0 Å². The van der Waals surface area contributed by atoms with Gasteiger partial charge in [-0.15, -0.1) is 0 Å². The van der Waals surface area contributed by atoms with Gasteiger partial charge in [0, 0.05) is 11.8 Å². The minimum absolute atomic E-state index is 0.255. The summed E-state index contributed by atoms with van der Waals surface area (Å²) in [4.78, 5) is 13.4. The van der Waals surface area contributed by atoms with Crippen molar-refractivity contribution >= 4 is 5.97 Å². The lowest BCUT2D eigenvalue weighted by Gasteiger charge is -2.59. The summed E-state index contributed by atoms with van der Waals surface area (Å²) in [6.07, 6.45) is 7.02. The smallest absolute Gasteiger partial charge is 0.366 e. The van der Waals surface area contributed by atoms with Gasteiger partial charge in [-0.2, -0.15) is 0 Å². The molecule has 3 heteroatoms. The van der Waals surface area contributed by atoms with Gasteiger partial charge in [0.1, 0.15) is 0 Å². The van der Waals surface area contributed by atoms with Gasteiger partial charge in [-0.1, -0.05) is 54.4 Å². The lowest BCUT2D eigenvalue weighted by Crippen LogP contribution is -2.73. The Morgan fingerprint density at radius 1 is 0.821 bits per heavy atom. The van der Waals surface area contributed by atoms with Gasteiger partial charge in [-0.3, -0.25) is 0 Å². The molecule has 28 heavy (non-hydrogen) atoms. The van der Waals surface area contributed by atoms with Crippen LogP contribution in [0.1, 0.15) is 80.1 Å². The number of nitrogens with zero attached hydrogens (tertiary/aromatic N) is 1. The standard InChI is InChI=1S/C25H47NO2/c1-16(2)20-12-10-18(5)14-22(20)25(24(27)28,26(7,8)9)23-15-19(6)11-13-21(23)17(3)4/h16-23H,10-15H2,1-9H3/p+1. The molecule has 0 aromatic heterocycles. The molecule has 3 nitrogen and oxygen atoms in total. The largest absolute Gasteiger partial charge is 0.477 e. The summed E-state index contributed by atoms with van der Waals surface area (Å²) in [5.74, 6) is 3.34. The van der Waals surface area contributed by atoms with E-state index in [0.29, 0.717) is 40.0 Å². The van der Waals surface area contributed by atoms with Crippen LogP contribution in [0.5, 0.6) is 0 Å². The molecule has 0 spiro atoms. The molecule has 0 heterocycles. The maximum Gasteiger partial charge on any atom is 0.366 e. The molecule has 1 N–H and O–H groups in total. The van der Waals surface area contributed by atoms with E-state index in [-0.39, 0.29) is 11.8 Å². The molecule has 0 aliphatic heterocycles. The second-order valence-electron chi connectivity index (χ2n) is 12.0. The molecule has 0 amide bonds. The number of hydrogen-bond acceptors (Lipinski definition) is 1. The monoisotopic (exact) mass is 394 g/mol. The fraction of sp³-hybridized carbons (Fsp3) is 0.960. The van der Waals surface area contributed by atoms with Crippen LogP contribution in [-0.2, 0) is 4.79 Å². The Hall–Kier alpha value is -0.570. The molecule has 2 aliphatic carbocycles. The van der Waals surface area contributed by atoms with Gasteiger partial charge in [0.25, 0.3) is 0 Å². The second-order valence-corrected chi connectivity index (χ2v) is 12.0. The molecule has 0 saturated heterocycles. The molecular formula is C25H48NO2+. The maximum atomic E-state index is 13.4. The van der Waals surface area contributed by atoms with Crippen molar-refractivity contribution in [2.24, 2.45) is 47.3 Å². The van der Waals surface area contributed by atoms with Crippen LogP contribution in [0.3, 0.4) is 0 Å². The number of aliphatic carboxylic acids is 1. The van der Waals surface area contributed by atoms with Gasteiger partial charge in [-0.25, -0.2) is 4.79 Å². The van der Waals surface area contributed by atoms with Crippen molar-refractivity contribution in [2.45, 2.75) is 85.6 Å². The third-order valence-electron chi connectivity index (χ3n) is 8.63. The van der Waals surface area contributed by atoms with Crippen molar-refractivity contribution in [1.82, 2.24) is 0 Å². The van der Waals surface area contributed by atoms with E-state index in [1.807, 2.05) is 0 Å². The Bertz CT molecular complexity index is 501. The van der Waals surface area contributed by atoms with E-state index in [1.165, 1.54) is 25.7 Å². The predicted molar refractivity (Wildman–Crippen MR) is 118 cm³/mol. The first kappa shape index (κ1) is 23.7. The van der Waals surface area contributed by atoms with Crippen LogP contribution in [0.25, 0.3) is 0 Å². The summed E-state index contributed by atoms with van der Waals surface area (Å²) < 4.78 is 0.545. The highest BCUT2D eigenvalue weighted by molar-refractivity contribution is 5.78. The zero-order chi connectivity index (χ0) is 21.4. The van der Waals surface area contributed by atoms with Crippen LogP contribution in [0, 0.1) is 47.3 Å². The van der Waals surface area contributed by atoms with E-state index in [2.05, 4.69) is 62.7 Å². The second kappa shape index (κ2) is 8.66. The molecule has 2 aliphatic rings. The van der Waals surface area contributed by atoms with E-state index in [0.717, 1.165) is 12.8 Å². The van der Waals surface area contributed by atoms with Crippen LogP contribution >= 0.6 is 0 Å². The highest BCUT2D eigenvalue weighted by Gasteiger charge is 2.66. The van der Waals surface area contributed by atoms with Crippen molar-refractivity contribution in [3.8, 4) is 0 Å². The average molecular weight is 395 g/mol. The van der Waals surface area contributed by atoms with Gasteiger partial charge < -0.3 is 9.59 Å². The summed E-state index contributed by atoms with van der Waals surface area (Å²) in [7, 11) is 6.50. The number of carboxylic acids is 1. The Morgan fingerprint density at radius 3 is 1.43 bits per heavy atom. The van der Waals surface area contributed by atoms with E-state index < -0.39 is 11.5 Å². The average Bonchev–Trinajstić information content (AvgIpc) is 2.53. The molecular weight excluding hydrogens is 346 g/mol. The number of rotatable bonds is 6. The number of hydrogen-bond donors (Lipinski definition) is 1. The first-order valence-corrected chi connectivity index (χ1v) is 11.9. The van der Waals surface area contributed by atoms with Crippen LogP contribution in [0.2, 0.25) is 0 Å². The fourth-order valence-corrected chi connectivity index (χ4v) is 7.29. The minimum atomic E-state index is -0.701. The predicted octanol–water partition coefficient (Wildman–Crippen LogP) is 5.93. The van der Waals surface area contributed by atoms with Crippen LogP contribution < -0.4 is 0 Å². The van der Waals surface area contributed by atoms with Gasteiger partial charge in [0.05, 0.1) is 21.1 Å². The van der Waals surface area contributed by atoms with Crippen LogP contribution in [-0.4, -0.2) is 42.2 Å². The lowest BCUT2D eigenvalue weighted by atomic mass is 9.52. The molecule has 164 valence electrons. The summed E-state index contributed by atoms with van der Waals surface area (Å²) in [6.45, 7) is 14.0. The molecule has 6 atom stereocenters. The van der Waals surface area contributed by atoms with E-state index >= 15 is 0 Å². The molecule has 0 radical (unpaired) electrons. The SMILES string of the molecule is CC1CCC(C(C)C)C(C(C(=O)O)(C2CC(C)CCC2C(C)C)[N+](C)(C)C)C1. The third-order valence-corrected chi connectivity index (χ3v) is 8.63. The molecule has 2 fully saturated rings. The molecule has 2 rings (SSSR count). The zero-order valence-corrected chi connectivity index (χ0v) is 20.2. The summed E-state index contributed by atoms with van der Waals surface area (Å²) >= 11 is 0. The molecule has 0 aromatic rings. The number of likely N-dealkylation sites (N-methyl/N-ethyl adjacent to an activating group) is 1. The fourth-order valence-electron chi connectivity index (χ4n) is 7.29. The Labute approximate surface area is 174 Å². The minimum Gasteiger partial charge on any atom is -0.477 e. The Balaban J connectivity index is 2.70. The van der Waals surface area contributed by atoms with Crippen molar-refractivity contribution in [3.05, 3.63) is 0 Å². The van der Waals surface area contributed by atoms with Gasteiger partial charge in [-0.05, 0) is 61.2 Å². The highest BCUT2D eigenvalue weighted by atomic mass is 16.4. The van der Waals surface area contributed by atoms with Crippen LogP contribution in [0.15, 0.2) is 0 Å². The van der Waals surface area contributed by atoms with Crippen molar-refractivity contribution < 1.29 is 14.4 Å². The summed E-state index contributed by atoms with van der Waals surface area (Å²) in [5, 5.41) is 11.0.